The highest BCUT2D eigenvalue weighted by Crippen LogP contribution is 2.38. The summed E-state index contributed by atoms with van der Waals surface area (Å²) in [6, 6.07) is 12.7. The highest BCUT2D eigenvalue weighted by Gasteiger charge is 2.34. The van der Waals surface area contributed by atoms with Gasteiger partial charge in [0.2, 0.25) is 0 Å². The molecule has 5 heteroatoms. The van der Waals surface area contributed by atoms with E-state index in [9.17, 15) is 5.11 Å². The molecule has 1 aliphatic carbocycles. The molecule has 1 aliphatic rings. The van der Waals surface area contributed by atoms with Gasteiger partial charge in [-0.2, -0.15) is 0 Å². The molecule has 4 rings (SSSR count). The van der Waals surface area contributed by atoms with Crippen LogP contribution in [-0.4, -0.2) is 47.8 Å². The number of hydrogen-bond donors (Lipinski definition) is 3. The second-order valence-electron chi connectivity index (χ2n) is 8.90. The average molecular weight is 436 g/mol. The minimum Gasteiger partial charge on any atom is -0.508 e. The molecular weight excluding hydrogens is 398 g/mol. The molecule has 172 valence electrons. The van der Waals surface area contributed by atoms with Crippen LogP contribution in [0.3, 0.4) is 0 Å². The first-order chi connectivity index (χ1) is 15.7. The second kappa shape index (κ2) is 10.4. The Morgan fingerprint density at radius 1 is 1.16 bits per heavy atom. The van der Waals surface area contributed by atoms with Crippen LogP contribution in [0.15, 0.2) is 42.6 Å². The van der Waals surface area contributed by atoms with Crippen molar-refractivity contribution in [1.82, 2.24) is 15.2 Å². The number of H-pyrrole nitrogens is 1. The molecule has 2 unspecified atom stereocenters. The third kappa shape index (κ3) is 4.64. The van der Waals surface area contributed by atoms with Crippen LogP contribution < -0.4 is 10.1 Å². The van der Waals surface area contributed by atoms with Crippen molar-refractivity contribution < 1.29 is 9.84 Å². The zero-order valence-corrected chi connectivity index (χ0v) is 19.7. The third-order valence-corrected chi connectivity index (χ3v) is 6.80. The molecule has 5 nitrogen and oxygen atoms in total. The maximum atomic E-state index is 10.8. The summed E-state index contributed by atoms with van der Waals surface area (Å²) in [5.74, 6) is 1.31. The van der Waals surface area contributed by atoms with E-state index >= 15 is 0 Å². The Labute approximate surface area is 191 Å². The molecule has 1 heterocycles. The quantitative estimate of drug-likeness (QED) is 0.410. The molecule has 0 saturated heterocycles. The van der Waals surface area contributed by atoms with E-state index in [2.05, 4.69) is 53.4 Å². The van der Waals surface area contributed by atoms with Gasteiger partial charge in [-0.1, -0.05) is 26.0 Å². The number of benzene rings is 2. The minimum absolute atomic E-state index is 0.137. The number of methoxy groups -OCH3 is 1. The molecule has 0 aliphatic heterocycles. The van der Waals surface area contributed by atoms with Crippen molar-refractivity contribution in [2.75, 3.05) is 26.7 Å². The summed E-state index contributed by atoms with van der Waals surface area (Å²) in [4.78, 5) is 6.01. The molecule has 3 aromatic rings. The molecule has 0 amide bonds. The summed E-state index contributed by atoms with van der Waals surface area (Å²) < 4.78 is 5.42. The van der Waals surface area contributed by atoms with E-state index < -0.39 is 0 Å². The number of phenolic OH excluding ortho intramolecular Hbond substituents is 1. The fraction of sp³-hybridized carbons (Fsp3) is 0.481. The SMILES string of the molecule is CCCN(CCC)C1CCc2cccc(O)c2C1NCCc1c[nH]c2ccc(OC)cc12. The lowest BCUT2D eigenvalue weighted by molar-refractivity contribution is 0.138. The first kappa shape index (κ1) is 22.7. The van der Waals surface area contributed by atoms with Gasteiger partial charge in [-0.25, -0.2) is 0 Å². The number of aromatic hydroxyl groups is 1. The molecule has 3 N–H and O–H groups in total. The van der Waals surface area contributed by atoms with Crippen LogP contribution in [0.4, 0.5) is 0 Å². The first-order valence-corrected chi connectivity index (χ1v) is 12.1. The van der Waals surface area contributed by atoms with Crippen molar-refractivity contribution in [3.05, 3.63) is 59.3 Å². The Hall–Kier alpha value is -2.50. The van der Waals surface area contributed by atoms with Crippen LogP contribution >= 0.6 is 0 Å². The second-order valence-corrected chi connectivity index (χ2v) is 8.90. The average Bonchev–Trinajstić information content (AvgIpc) is 3.21. The van der Waals surface area contributed by atoms with Gasteiger partial charge in [0, 0.05) is 28.7 Å². The van der Waals surface area contributed by atoms with Gasteiger partial charge in [0.25, 0.3) is 0 Å². The number of aromatic amines is 1. The highest BCUT2D eigenvalue weighted by molar-refractivity contribution is 5.84. The predicted molar refractivity (Wildman–Crippen MR) is 132 cm³/mol. The predicted octanol–water partition coefficient (Wildman–Crippen LogP) is 5.19. The van der Waals surface area contributed by atoms with E-state index in [0.29, 0.717) is 11.8 Å². The Balaban J connectivity index is 1.56. The standard InChI is InChI=1S/C27H37N3O2/c1-4-15-30(16-5-2)24-12-9-19-7-6-8-25(31)26(19)27(24)28-14-13-20-18-29-23-11-10-21(32-3)17-22(20)23/h6-8,10-11,17-18,24,27-29,31H,4-5,9,12-16H2,1-3H3. The number of ether oxygens (including phenoxy) is 1. The molecule has 0 radical (unpaired) electrons. The van der Waals surface area contributed by atoms with Gasteiger partial charge >= 0.3 is 0 Å². The molecule has 0 saturated carbocycles. The van der Waals surface area contributed by atoms with Gasteiger partial charge in [-0.05, 0) is 87.1 Å². The summed E-state index contributed by atoms with van der Waals surface area (Å²) in [5.41, 5.74) is 4.80. The maximum absolute atomic E-state index is 10.8. The van der Waals surface area contributed by atoms with E-state index in [4.69, 9.17) is 4.74 Å². The van der Waals surface area contributed by atoms with Crippen LogP contribution in [0, 0.1) is 0 Å². The molecule has 0 bridgehead atoms. The molecule has 32 heavy (non-hydrogen) atoms. The molecule has 0 spiro atoms. The van der Waals surface area contributed by atoms with E-state index in [1.165, 1.54) is 16.5 Å². The Morgan fingerprint density at radius 2 is 1.97 bits per heavy atom. The topological polar surface area (TPSA) is 60.5 Å². The van der Waals surface area contributed by atoms with E-state index in [0.717, 1.165) is 68.6 Å². The molecule has 2 aromatic carbocycles. The number of fused-ring (bicyclic) bond motifs is 2. The zero-order valence-electron chi connectivity index (χ0n) is 19.7. The zero-order chi connectivity index (χ0) is 22.5. The molecule has 1 aromatic heterocycles. The fourth-order valence-electron chi connectivity index (χ4n) is 5.34. The van der Waals surface area contributed by atoms with Gasteiger partial charge in [0.15, 0.2) is 0 Å². The number of hydrogen-bond acceptors (Lipinski definition) is 4. The number of aromatic nitrogens is 1. The van der Waals surface area contributed by atoms with Crippen molar-refractivity contribution in [3.63, 3.8) is 0 Å². The summed E-state index contributed by atoms with van der Waals surface area (Å²) in [7, 11) is 1.71. The smallest absolute Gasteiger partial charge is 0.120 e. The lowest BCUT2D eigenvalue weighted by atomic mass is 9.82. The first-order valence-electron chi connectivity index (χ1n) is 12.1. The lowest BCUT2D eigenvalue weighted by Crippen LogP contribution is -2.48. The van der Waals surface area contributed by atoms with E-state index in [-0.39, 0.29) is 6.04 Å². The summed E-state index contributed by atoms with van der Waals surface area (Å²) in [6.07, 6.45) is 7.47. The third-order valence-electron chi connectivity index (χ3n) is 6.80. The molecule has 2 atom stereocenters. The van der Waals surface area contributed by atoms with Crippen molar-refractivity contribution >= 4 is 10.9 Å². The van der Waals surface area contributed by atoms with E-state index in [1.807, 2.05) is 18.2 Å². The number of nitrogens with one attached hydrogen (secondary N) is 2. The van der Waals surface area contributed by atoms with Crippen molar-refractivity contribution in [2.24, 2.45) is 0 Å². The molecular formula is C27H37N3O2. The number of phenols is 1. The van der Waals surface area contributed by atoms with Crippen LogP contribution in [-0.2, 0) is 12.8 Å². The van der Waals surface area contributed by atoms with Crippen LogP contribution in [0.5, 0.6) is 11.5 Å². The van der Waals surface area contributed by atoms with Crippen LogP contribution in [0.1, 0.15) is 55.8 Å². The molecule has 0 fully saturated rings. The summed E-state index contributed by atoms with van der Waals surface area (Å²) >= 11 is 0. The van der Waals surface area contributed by atoms with Gasteiger partial charge < -0.3 is 20.1 Å². The van der Waals surface area contributed by atoms with E-state index in [1.54, 1.807) is 7.11 Å². The van der Waals surface area contributed by atoms with Gasteiger partial charge in [-0.15, -0.1) is 0 Å². The van der Waals surface area contributed by atoms with Crippen LogP contribution in [0.2, 0.25) is 0 Å². The normalized spacial score (nSPS) is 18.2. The minimum atomic E-state index is 0.137. The summed E-state index contributed by atoms with van der Waals surface area (Å²) in [5, 5.41) is 15.9. The van der Waals surface area contributed by atoms with Gasteiger partial charge in [0.05, 0.1) is 13.2 Å². The number of nitrogens with zero attached hydrogens (tertiary/aromatic N) is 1. The lowest BCUT2D eigenvalue weighted by Gasteiger charge is -2.41. The number of aryl methyl sites for hydroxylation is 1. The van der Waals surface area contributed by atoms with Crippen molar-refractivity contribution in [3.8, 4) is 11.5 Å². The van der Waals surface area contributed by atoms with Crippen LogP contribution in [0.25, 0.3) is 10.9 Å². The van der Waals surface area contributed by atoms with Gasteiger partial charge in [0.1, 0.15) is 11.5 Å². The largest absolute Gasteiger partial charge is 0.508 e. The summed E-state index contributed by atoms with van der Waals surface area (Å²) in [6.45, 7) is 7.56. The van der Waals surface area contributed by atoms with Crippen molar-refractivity contribution in [1.29, 1.82) is 0 Å². The number of rotatable bonds is 10. The Kier molecular flexibility index (Phi) is 7.38. The monoisotopic (exact) mass is 435 g/mol. The van der Waals surface area contributed by atoms with Crippen molar-refractivity contribution in [2.45, 2.75) is 58.0 Å². The van der Waals surface area contributed by atoms with Gasteiger partial charge in [-0.3, -0.25) is 4.90 Å². The highest BCUT2D eigenvalue weighted by atomic mass is 16.5. The fourth-order valence-corrected chi connectivity index (χ4v) is 5.34. The Morgan fingerprint density at radius 3 is 2.72 bits per heavy atom. The maximum Gasteiger partial charge on any atom is 0.120 e. The Bertz CT molecular complexity index is 1020.